The van der Waals surface area contributed by atoms with Crippen molar-refractivity contribution >= 4 is 29.1 Å². The lowest BCUT2D eigenvalue weighted by atomic mass is 10.2. The fourth-order valence-corrected chi connectivity index (χ4v) is 3.14. The number of ether oxygens (including phenoxy) is 1. The number of para-hydroxylation sites is 1. The number of thioether (sulfide) groups is 1. The number of nitrogens with zero attached hydrogens (tertiary/aromatic N) is 3. The molecule has 1 fully saturated rings. The van der Waals surface area contributed by atoms with E-state index in [1.807, 2.05) is 54.6 Å². The van der Waals surface area contributed by atoms with E-state index in [0.29, 0.717) is 17.5 Å². The molecule has 0 aliphatic carbocycles. The quantitative estimate of drug-likeness (QED) is 0.621. The van der Waals surface area contributed by atoms with Crippen LogP contribution in [0.1, 0.15) is 11.1 Å². The molecular weight excluding hydrogens is 322 g/mol. The third kappa shape index (κ3) is 3.83. The largest absolute Gasteiger partial charge is 0.496 e. The van der Waals surface area contributed by atoms with Gasteiger partial charge in [0.2, 0.25) is 5.91 Å². The Kier molecular flexibility index (Phi) is 5.28. The highest BCUT2D eigenvalue weighted by Gasteiger charge is 2.28. The fourth-order valence-electron chi connectivity index (χ4n) is 2.31. The molecule has 122 valence electrons. The van der Waals surface area contributed by atoms with Crippen LogP contribution in [0.15, 0.2) is 64.8 Å². The highest BCUT2D eigenvalue weighted by molar-refractivity contribution is 8.15. The molecule has 1 amide bonds. The molecule has 1 heterocycles. The second-order valence-corrected chi connectivity index (χ2v) is 6.07. The van der Waals surface area contributed by atoms with Gasteiger partial charge in [0, 0.05) is 5.56 Å². The van der Waals surface area contributed by atoms with Crippen molar-refractivity contribution in [1.82, 2.24) is 4.90 Å². The summed E-state index contributed by atoms with van der Waals surface area (Å²) in [6.45, 7) is 0.510. The van der Waals surface area contributed by atoms with E-state index in [2.05, 4.69) is 10.2 Å². The molecule has 2 aromatic carbocycles. The Balaban J connectivity index is 1.75. The molecule has 0 N–H and O–H groups in total. The monoisotopic (exact) mass is 339 g/mol. The molecule has 1 saturated heterocycles. The van der Waals surface area contributed by atoms with Crippen molar-refractivity contribution < 1.29 is 9.53 Å². The van der Waals surface area contributed by atoms with E-state index in [0.717, 1.165) is 16.9 Å². The molecule has 0 saturated carbocycles. The van der Waals surface area contributed by atoms with Gasteiger partial charge in [-0.3, -0.25) is 9.69 Å². The number of benzene rings is 2. The molecule has 0 atom stereocenters. The lowest BCUT2D eigenvalue weighted by Crippen LogP contribution is -2.28. The van der Waals surface area contributed by atoms with Crippen LogP contribution in [0.5, 0.6) is 5.75 Å². The Morgan fingerprint density at radius 3 is 2.71 bits per heavy atom. The Morgan fingerprint density at radius 1 is 1.17 bits per heavy atom. The van der Waals surface area contributed by atoms with Crippen molar-refractivity contribution in [2.45, 2.75) is 6.54 Å². The number of hydrogen-bond acceptors (Lipinski definition) is 5. The van der Waals surface area contributed by atoms with Gasteiger partial charge in [-0.1, -0.05) is 54.2 Å². The maximum Gasteiger partial charge on any atom is 0.239 e. The Morgan fingerprint density at radius 2 is 1.92 bits per heavy atom. The molecule has 3 rings (SSSR count). The van der Waals surface area contributed by atoms with Crippen LogP contribution >= 0.6 is 11.8 Å². The van der Waals surface area contributed by atoms with Crippen molar-refractivity contribution in [2.24, 2.45) is 10.2 Å². The lowest BCUT2D eigenvalue weighted by molar-refractivity contribution is -0.124. The van der Waals surface area contributed by atoms with E-state index in [-0.39, 0.29) is 5.91 Å². The highest BCUT2D eigenvalue weighted by atomic mass is 32.2. The van der Waals surface area contributed by atoms with Crippen LogP contribution in [-0.2, 0) is 11.3 Å². The van der Waals surface area contributed by atoms with Crippen LogP contribution in [0.3, 0.4) is 0 Å². The molecule has 1 aliphatic heterocycles. The van der Waals surface area contributed by atoms with E-state index in [9.17, 15) is 4.79 Å². The minimum absolute atomic E-state index is 0.0510. The zero-order valence-corrected chi connectivity index (χ0v) is 14.1. The summed E-state index contributed by atoms with van der Waals surface area (Å²) in [6, 6.07) is 17.4. The maximum absolute atomic E-state index is 12.1. The van der Waals surface area contributed by atoms with Gasteiger partial charge in [-0.15, -0.1) is 5.10 Å². The summed E-state index contributed by atoms with van der Waals surface area (Å²) in [5, 5.41) is 8.97. The van der Waals surface area contributed by atoms with Crippen molar-refractivity contribution in [2.75, 3.05) is 12.9 Å². The smallest absolute Gasteiger partial charge is 0.239 e. The Labute approximate surface area is 145 Å². The van der Waals surface area contributed by atoms with Gasteiger partial charge in [0.1, 0.15) is 5.75 Å². The number of methoxy groups -OCH3 is 1. The number of carbonyl (C=O) groups excluding carboxylic acids is 1. The van der Waals surface area contributed by atoms with Gasteiger partial charge in [0.05, 0.1) is 25.6 Å². The third-order valence-electron chi connectivity index (χ3n) is 3.52. The van der Waals surface area contributed by atoms with Crippen LogP contribution in [0, 0.1) is 0 Å². The third-order valence-corrected chi connectivity index (χ3v) is 4.47. The average molecular weight is 339 g/mol. The molecule has 24 heavy (non-hydrogen) atoms. The summed E-state index contributed by atoms with van der Waals surface area (Å²) in [7, 11) is 1.62. The molecule has 0 radical (unpaired) electrons. The molecule has 0 spiro atoms. The van der Waals surface area contributed by atoms with Crippen molar-refractivity contribution in [3.8, 4) is 5.75 Å². The minimum Gasteiger partial charge on any atom is -0.496 e. The van der Waals surface area contributed by atoms with E-state index < -0.39 is 0 Å². The molecule has 5 nitrogen and oxygen atoms in total. The van der Waals surface area contributed by atoms with E-state index in [1.165, 1.54) is 11.8 Å². The predicted octanol–water partition coefficient (Wildman–Crippen LogP) is 3.16. The van der Waals surface area contributed by atoms with Gasteiger partial charge in [-0.2, -0.15) is 5.10 Å². The van der Waals surface area contributed by atoms with Crippen LogP contribution < -0.4 is 4.74 Å². The zero-order valence-electron chi connectivity index (χ0n) is 13.3. The SMILES string of the molecule is COc1ccccc1/C=N\N=C1\SCC(=O)N1Cc1ccccc1. The topological polar surface area (TPSA) is 54.3 Å². The number of amides is 1. The zero-order chi connectivity index (χ0) is 16.8. The second-order valence-electron chi connectivity index (χ2n) is 5.12. The molecule has 0 unspecified atom stereocenters. The Hall–Kier alpha value is -2.60. The van der Waals surface area contributed by atoms with Crippen LogP contribution in [0.2, 0.25) is 0 Å². The van der Waals surface area contributed by atoms with Gasteiger partial charge in [-0.05, 0) is 17.7 Å². The van der Waals surface area contributed by atoms with Gasteiger partial charge in [0.25, 0.3) is 0 Å². The standard InChI is InChI=1S/C18H17N3O2S/c1-23-16-10-6-5-9-15(16)11-19-20-18-21(17(22)13-24-18)12-14-7-3-2-4-8-14/h2-11H,12-13H2,1H3/b19-11-,20-18+. The van der Waals surface area contributed by atoms with Crippen LogP contribution in [0.4, 0.5) is 0 Å². The first-order valence-electron chi connectivity index (χ1n) is 7.49. The molecule has 1 aliphatic rings. The lowest BCUT2D eigenvalue weighted by Gasteiger charge is -2.14. The van der Waals surface area contributed by atoms with Crippen molar-refractivity contribution in [3.63, 3.8) is 0 Å². The summed E-state index contributed by atoms with van der Waals surface area (Å²) >= 11 is 1.40. The van der Waals surface area contributed by atoms with Gasteiger partial charge in [0.15, 0.2) is 5.17 Å². The van der Waals surface area contributed by atoms with Gasteiger partial charge >= 0.3 is 0 Å². The van der Waals surface area contributed by atoms with E-state index in [4.69, 9.17) is 4.74 Å². The maximum atomic E-state index is 12.1. The highest BCUT2D eigenvalue weighted by Crippen LogP contribution is 2.22. The average Bonchev–Trinajstić information content (AvgIpc) is 2.96. The summed E-state index contributed by atoms with van der Waals surface area (Å²) in [4.78, 5) is 13.7. The summed E-state index contributed by atoms with van der Waals surface area (Å²) < 4.78 is 5.28. The second kappa shape index (κ2) is 7.79. The summed E-state index contributed by atoms with van der Waals surface area (Å²) in [5.41, 5.74) is 1.91. The number of rotatable bonds is 5. The first-order chi connectivity index (χ1) is 11.8. The number of hydrogen-bond donors (Lipinski definition) is 0. The summed E-state index contributed by atoms with van der Waals surface area (Å²) in [6.07, 6.45) is 1.63. The van der Waals surface area contributed by atoms with Gasteiger partial charge in [-0.25, -0.2) is 0 Å². The summed E-state index contributed by atoms with van der Waals surface area (Å²) in [5.74, 6) is 1.18. The number of amidine groups is 1. The van der Waals surface area contributed by atoms with E-state index >= 15 is 0 Å². The molecular formula is C18H17N3O2S. The molecule has 2 aromatic rings. The molecule has 6 heteroatoms. The van der Waals surface area contributed by atoms with Crippen molar-refractivity contribution in [3.05, 3.63) is 65.7 Å². The van der Waals surface area contributed by atoms with Crippen molar-refractivity contribution in [1.29, 1.82) is 0 Å². The first kappa shape index (κ1) is 16.3. The fraction of sp³-hybridized carbons (Fsp3) is 0.167. The first-order valence-corrected chi connectivity index (χ1v) is 8.47. The Bertz CT molecular complexity index is 775. The van der Waals surface area contributed by atoms with Crippen LogP contribution in [0.25, 0.3) is 0 Å². The predicted molar refractivity (Wildman–Crippen MR) is 97.5 cm³/mol. The van der Waals surface area contributed by atoms with Crippen LogP contribution in [-0.4, -0.2) is 35.1 Å². The minimum atomic E-state index is 0.0510. The van der Waals surface area contributed by atoms with Gasteiger partial charge < -0.3 is 4.74 Å². The number of carbonyl (C=O) groups is 1. The molecule has 0 aromatic heterocycles. The van der Waals surface area contributed by atoms with E-state index in [1.54, 1.807) is 18.2 Å². The molecule has 0 bridgehead atoms. The normalized spacial score (nSPS) is 16.3.